The molecule has 2 aliphatic rings. The standard InChI is InChI=1S/C22H24N2O4/c1-13-19(14-6-4-3-5-7-14)17-10-15(21(25)24-16-8-9-27-12-16)11-18(20(17)28-13)22(26)23-2/h3-7,10-11,13,16,19H,8-9,12H2,1-2H3,(H,23,26)(H,24,25). The van der Waals surface area contributed by atoms with Crippen molar-refractivity contribution in [2.24, 2.45) is 0 Å². The van der Waals surface area contributed by atoms with Gasteiger partial charge in [0.25, 0.3) is 11.8 Å². The van der Waals surface area contributed by atoms with Crippen molar-refractivity contribution in [2.75, 3.05) is 20.3 Å². The fourth-order valence-corrected chi connectivity index (χ4v) is 3.98. The Morgan fingerprint density at radius 1 is 1.11 bits per heavy atom. The van der Waals surface area contributed by atoms with E-state index in [9.17, 15) is 9.59 Å². The van der Waals surface area contributed by atoms with Gasteiger partial charge in [0.05, 0.1) is 18.2 Å². The number of fused-ring (bicyclic) bond motifs is 1. The molecule has 0 spiro atoms. The molecule has 2 aliphatic heterocycles. The summed E-state index contributed by atoms with van der Waals surface area (Å²) in [7, 11) is 1.57. The van der Waals surface area contributed by atoms with E-state index in [1.54, 1.807) is 13.1 Å². The van der Waals surface area contributed by atoms with Gasteiger partial charge < -0.3 is 20.1 Å². The van der Waals surface area contributed by atoms with E-state index in [0.29, 0.717) is 30.1 Å². The molecule has 0 bridgehead atoms. The molecule has 2 amide bonds. The monoisotopic (exact) mass is 380 g/mol. The van der Waals surface area contributed by atoms with Gasteiger partial charge in [-0.05, 0) is 31.0 Å². The molecule has 28 heavy (non-hydrogen) atoms. The number of hydrogen-bond donors (Lipinski definition) is 2. The van der Waals surface area contributed by atoms with Crippen LogP contribution >= 0.6 is 0 Å². The molecular formula is C22H24N2O4. The predicted molar refractivity (Wildman–Crippen MR) is 105 cm³/mol. The number of hydrogen-bond acceptors (Lipinski definition) is 4. The number of benzene rings is 2. The minimum Gasteiger partial charge on any atom is -0.489 e. The van der Waals surface area contributed by atoms with E-state index in [1.807, 2.05) is 43.3 Å². The smallest absolute Gasteiger partial charge is 0.254 e. The average Bonchev–Trinajstić information content (AvgIpc) is 3.33. The normalized spacial score (nSPS) is 23.0. The van der Waals surface area contributed by atoms with E-state index in [4.69, 9.17) is 9.47 Å². The lowest BCUT2D eigenvalue weighted by atomic mass is 9.87. The van der Waals surface area contributed by atoms with Crippen molar-refractivity contribution in [1.29, 1.82) is 0 Å². The summed E-state index contributed by atoms with van der Waals surface area (Å²) >= 11 is 0. The van der Waals surface area contributed by atoms with Gasteiger partial charge in [0.15, 0.2) is 0 Å². The van der Waals surface area contributed by atoms with Gasteiger partial charge in [-0.15, -0.1) is 0 Å². The summed E-state index contributed by atoms with van der Waals surface area (Å²) < 4.78 is 11.4. The molecule has 6 nitrogen and oxygen atoms in total. The Kier molecular flexibility index (Phi) is 5.05. The topological polar surface area (TPSA) is 76.7 Å². The molecule has 3 unspecified atom stereocenters. The summed E-state index contributed by atoms with van der Waals surface area (Å²) in [5, 5.41) is 5.65. The Bertz CT molecular complexity index is 891. The minimum atomic E-state index is -0.268. The SMILES string of the molecule is CNC(=O)c1cc(C(=O)NC2CCOC2)cc2c1OC(C)C2c1ccccc1. The second-order valence-electron chi connectivity index (χ2n) is 7.27. The van der Waals surface area contributed by atoms with Crippen LogP contribution in [0.15, 0.2) is 42.5 Å². The van der Waals surface area contributed by atoms with Crippen LogP contribution in [0.3, 0.4) is 0 Å². The summed E-state index contributed by atoms with van der Waals surface area (Å²) in [6.07, 6.45) is 0.661. The molecule has 0 saturated carbocycles. The van der Waals surface area contributed by atoms with Crippen LogP contribution < -0.4 is 15.4 Å². The summed E-state index contributed by atoms with van der Waals surface area (Å²) in [4.78, 5) is 25.3. The van der Waals surface area contributed by atoms with E-state index in [1.165, 1.54) is 0 Å². The zero-order valence-corrected chi connectivity index (χ0v) is 16.0. The Morgan fingerprint density at radius 2 is 1.89 bits per heavy atom. The Hall–Kier alpha value is -2.86. The van der Waals surface area contributed by atoms with Crippen molar-refractivity contribution < 1.29 is 19.1 Å². The quantitative estimate of drug-likeness (QED) is 0.854. The van der Waals surface area contributed by atoms with Crippen molar-refractivity contribution in [2.45, 2.75) is 31.4 Å². The predicted octanol–water partition coefficient (Wildman–Crippen LogP) is 2.48. The minimum absolute atomic E-state index is 0.00398. The van der Waals surface area contributed by atoms with E-state index in [-0.39, 0.29) is 29.9 Å². The maximum absolute atomic E-state index is 12.8. The molecule has 146 valence electrons. The largest absolute Gasteiger partial charge is 0.489 e. The van der Waals surface area contributed by atoms with Crippen LogP contribution in [0.2, 0.25) is 0 Å². The summed E-state index contributed by atoms with van der Waals surface area (Å²) in [6.45, 7) is 3.16. The molecule has 1 saturated heterocycles. The third-order valence-corrected chi connectivity index (χ3v) is 5.38. The number of carbonyl (C=O) groups excluding carboxylic acids is 2. The van der Waals surface area contributed by atoms with E-state index >= 15 is 0 Å². The lowest BCUT2D eigenvalue weighted by molar-refractivity contribution is 0.0930. The third-order valence-electron chi connectivity index (χ3n) is 5.38. The van der Waals surface area contributed by atoms with Crippen LogP contribution in [0.5, 0.6) is 5.75 Å². The molecule has 0 aliphatic carbocycles. The van der Waals surface area contributed by atoms with E-state index in [0.717, 1.165) is 17.5 Å². The number of amides is 2. The first-order chi connectivity index (χ1) is 13.6. The summed E-state index contributed by atoms with van der Waals surface area (Å²) in [5.74, 6) is 0.0504. The van der Waals surface area contributed by atoms with Crippen LogP contribution in [0, 0.1) is 0 Å². The highest BCUT2D eigenvalue weighted by Gasteiger charge is 2.36. The zero-order valence-electron chi connectivity index (χ0n) is 16.0. The Labute approximate surface area is 164 Å². The molecule has 4 rings (SSSR count). The van der Waals surface area contributed by atoms with Gasteiger partial charge in [-0.3, -0.25) is 9.59 Å². The van der Waals surface area contributed by atoms with Crippen LogP contribution in [0.25, 0.3) is 0 Å². The molecule has 3 atom stereocenters. The van der Waals surface area contributed by atoms with Crippen LogP contribution in [0.4, 0.5) is 0 Å². The first-order valence-electron chi connectivity index (χ1n) is 9.58. The first-order valence-corrected chi connectivity index (χ1v) is 9.58. The molecule has 0 aromatic heterocycles. The lowest BCUT2D eigenvalue weighted by Gasteiger charge is -2.16. The third kappa shape index (κ3) is 3.36. The van der Waals surface area contributed by atoms with Gasteiger partial charge >= 0.3 is 0 Å². The fraction of sp³-hybridized carbons (Fsp3) is 0.364. The highest BCUT2D eigenvalue weighted by Crippen LogP contribution is 2.44. The lowest BCUT2D eigenvalue weighted by Crippen LogP contribution is -2.35. The molecule has 2 aromatic carbocycles. The maximum Gasteiger partial charge on any atom is 0.254 e. The van der Waals surface area contributed by atoms with Gasteiger partial charge in [0.2, 0.25) is 0 Å². The summed E-state index contributed by atoms with van der Waals surface area (Å²) in [6, 6.07) is 13.5. The van der Waals surface area contributed by atoms with Gasteiger partial charge in [0, 0.05) is 30.7 Å². The zero-order chi connectivity index (χ0) is 19.7. The van der Waals surface area contributed by atoms with Crippen molar-refractivity contribution >= 4 is 11.8 Å². The fourth-order valence-electron chi connectivity index (χ4n) is 3.98. The molecule has 2 aromatic rings. The second kappa shape index (κ2) is 7.64. The number of ether oxygens (including phenoxy) is 2. The highest BCUT2D eigenvalue weighted by molar-refractivity contribution is 6.02. The second-order valence-corrected chi connectivity index (χ2v) is 7.27. The van der Waals surface area contributed by atoms with Crippen molar-refractivity contribution in [3.63, 3.8) is 0 Å². The number of nitrogens with one attached hydrogen (secondary N) is 2. The molecule has 0 radical (unpaired) electrons. The maximum atomic E-state index is 12.8. The van der Waals surface area contributed by atoms with Gasteiger partial charge in [-0.2, -0.15) is 0 Å². The van der Waals surface area contributed by atoms with Crippen LogP contribution in [-0.4, -0.2) is 44.2 Å². The van der Waals surface area contributed by atoms with Crippen molar-refractivity contribution in [3.05, 3.63) is 64.7 Å². The highest BCUT2D eigenvalue weighted by atomic mass is 16.5. The van der Waals surface area contributed by atoms with Crippen molar-refractivity contribution in [1.82, 2.24) is 10.6 Å². The number of rotatable bonds is 4. The molecule has 1 fully saturated rings. The number of carbonyl (C=O) groups is 2. The van der Waals surface area contributed by atoms with Gasteiger partial charge in [-0.1, -0.05) is 30.3 Å². The molecule has 6 heteroatoms. The average molecular weight is 380 g/mol. The van der Waals surface area contributed by atoms with E-state index < -0.39 is 0 Å². The van der Waals surface area contributed by atoms with Gasteiger partial charge in [-0.25, -0.2) is 0 Å². The molecule has 2 N–H and O–H groups in total. The first kappa shape index (κ1) is 18.5. The van der Waals surface area contributed by atoms with Crippen LogP contribution in [-0.2, 0) is 4.74 Å². The van der Waals surface area contributed by atoms with E-state index in [2.05, 4.69) is 10.6 Å². The van der Waals surface area contributed by atoms with Gasteiger partial charge in [0.1, 0.15) is 11.9 Å². The van der Waals surface area contributed by atoms with Crippen molar-refractivity contribution in [3.8, 4) is 5.75 Å². The molecule has 2 heterocycles. The summed E-state index contributed by atoms with van der Waals surface area (Å²) in [5.41, 5.74) is 2.81. The van der Waals surface area contributed by atoms with Crippen LogP contribution in [0.1, 0.15) is 51.1 Å². The Balaban J connectivity index is 1.76. The molecular weight excluding hydrogens is 356 g/mol. The Morgan fingerprint density at radius 3 is 2.57 bits per heavy atom.